The third kappa shape index (κ3) is 2.39. The Bertz CT molecular complexity index is 416. The van der Waals surface area contributed by atoms with Crippen molar-refractivity contribution in [1.82, 2.24) is 5.16 Å². The maximum Gasteiger partial charge on any atom is 0.313 e. The minimum Gasteiger partial charge on any atom is -0.469 e. The lowest BCUT2D eigenvalue weighted by atomic mass is 9.76. The lowest BCUT2D eigenvalue weighted by Gasteiger charge is -2.44. The van der Waals surface area contributed by atoms with E-state index in [1.165, 1.54) is 7.11 Å². The van der Waals surface area contributed by atoms with Crippen LogP contribution in [0.25, 0.3) is 0 Å². The Balaban J connectivity index is 1.94. The normalized spacial score (nSPS) is 18.4. The van der Waals surface area contributed by atoms with Gasteiger partial charge in [-0.1, -0.05) is 5.16 Å². The van der Waals surface area contributed by atoms with E-state index in [4.69, 9.17) is 14.0 Å². The van der Waals surface area contributed by atoms with Crippen LogP contribution < -0.4 is 0 Å². The molecule has 0 aliphatic heterocycles. The quantitative estimate of drug-likeness (QED) is 0.582. The lowest BCUT2D eigenvalue weighted by Crippen LogP contribution is -2.46. The molecule has 0 aromatic carbocycles. The summed E-state index contributed by atoms with van der Waals surface area (Å²) in [7, 11) is 4.60. The van der Waals surface area contributed by atoms with Gasteiger partial charge >= 0.3 is 5.97 Å². The summed E-state index contributed by atoms with van der Waals surface area (Å²) >= 11 is 0. The molecule has 1 fully saturated rings. The number of esters is 1. The van der Waals surface area contributed by atoms with E-state index in [9.17, 15) is 4.79 Å². The molecule has 0 atom stereocenters. The smallest absolute Gasteiger partial charge is 0.313 e. The van der Waals surface area contributed by atoms with Crippen LogP contribution in [-0.2, 0) is 25.4 Å². The van der Waals surface area contributed by atoms with Crippen LogP contribution in [0.2, 0.25) is 0 Å². The Morgan fingerprint density at radius 2 is 2.11 bits per heavy atom. The van der Waals surface area contributed by atoms with E-state index < -0.39 is 5.79 Å². The summed E-state index contributed by atoms with van der Waals surface area (Å²) in [4.78, 5) is 11.1. The fourth-order valence-electron chi connectivity index (χ4n) is 2.14. The molecule has 100 valence electrons. The predicted octanol–water partition coefficient (Wildman–Crippen LogP) is 1.26. The van der Waals surface area contributed by atoms with Gasteiger partial charge in [0.15, 0.2) is 5.79 Å². The highest BCUT2D eigenvalue weighted by molar-refractivity contribution is 5.71. The molecule has 0 saturated heterocycles. The number of carbonyl (C=O) groups is 1. The Hall–Kier alpha value is -1.40. The Labute approximate surface area is 105 Å². The number of aromatic nitrogens is 1. The van der Waals surface area contributed by atoms with Crippen molar-refractivity contribution in [2.24, 2.45) is 0 Å². The van der Waals surface area contributed by atoms with Crippen molar-refractivity contribution in [3.63, 3.8) is 0 Å². The van der Waals surface area contributed by atoms with Crippen molar-refractivity contribution in [2.75, 3.05) is 21.3 Å². The van der Waals surface area contributed by atoms with Crippen LogP contribution >= 0.6 is 0 Å². The number of hydrogen-bond donors (Lipinski definition) is 0. The van der Waals surface area contributed by atoms with Gasteiger partial charge in [0.1, 0.15) is 12.2 Å². The van der Waals surface area contributed by atoms with Gasteiger partial charge < -0.3 is 18.7 Å². The molecule has 0 unspecified atom stereocenters. The van der Waals surface area contributed by atoms with E-state index in [0.29, 0.717) is 5.76 Å². The van der Waals surface area contributed by atoms with Crippen molar-refractivity contribution in [1.29, 1.82) is 0 Å². The molecule has 1 aliphatic rings. The summed E-state index contributed by atoms with van der Waals surface area (Å²) in [6.07, 6.45) is 1.59. The van der Waals surface area contributed by atoms with E-state index in [1.807, 2.05) is 0 Å². The largest absolute Gasteiger partial charge is 0.469 e. The van der Waals surface area contributed by atoms with E-state index in [-0.39, 0.29) is 18.3 Å². The summed E-state index contributed by atoms with van der Waals surface area (Å²) in [5, 5.41) is 3.97. The molecule has 18 heavy (non-hydrogen) atoms. The van der Waals surface area contributed by atoms with Gasteiger partial charge in [0.05, 0.1) is 12.8 Å². The number of rotatable bonds is 5. The fraction of sp³-hybridized carbons (Fsp3) is 0.667. The van der Waals surface area contributed by atoms with Crippen LogP contribution in [0.4, 0.5) is 0 Å². The summed E-state index contributed by atoms with van der Waals surface area (Å²) < 4.78 is 20.3. The second-order valence-corrected chi connectivity index (χ2v) is 4.40. The van der Waals surface area contributed by atoms with Crippen LogP contribution in [0, 0.1) is 0 Å². The Morgan fingerprint density at radius 1 is 1.44 bits per heavy atom. The first kappa shape index (κ1) is 13.0. The first-order valence-electron chi connectivity index (χ1n) is 5.75. The van der Waals surface area contributed by atoms with Crippen molar-refractivity contribution >= 4 is 5.97 Å². The maximum absolute atomic E-state index is 11.1. The van der Waals surface area contributed by atoms with Gasteiger partial charge in [0, 0.05) is 39.0 Å². The standard InChI is InChI=1S/C12H17NO5/c1-15-11(14)5-9-4-10(13-18-9)8-6-12(7-8,16-2)17-3/h4,8H,5-7H2,1-3H3. The number of ether oxygens (including phenoxy) is 3. The second-order valence-electron chi connectivity index (χ2n) is 4.40. The molecule has 0 N–H and O–H groups in total. The number of hydrogen-bond acceptors (Lipinski definition) is 6. The van der Waals surface area contributed by atoms with Gasteiger partial charge in [0.25, 0.3) is 0 Å². The number of methoxy groups -OCH3 is 3. The SMILES string of the molecule is COC(=O)Cc1cc(C2CC(OC)(OC)C2)no1. The molecular weight excluding hydrogens is 238 g/mol. The number of nitrogens with zero attached hydrogens (tertiary/aromatic N) is 1. The van der Waals surface area contributed by atoms with Crippen molar-refractivity contribution < 1.29 is 23.5 Å². The lowest BCUT2D eigenvalue weighted by molar-refractivity contribution is -0.258. The molecule has 1 aliphatic carbocycles. The summed E-state index contributed by atoms with van der Waals surface area (Å²) in [5.41, 5.74) is 0.832. The van der Waals surface area contributed by atoms with Crippen LogP contribution in [0.15, 0.2) is 10.6 Å². The second kappa shape index (κ2) is 5.07. The van der Waals surface area contributed by atoms with Crippen LogP contribution in [0.1, 0.15) is 30.2 Å². The molecule has 2 rings (SSSR count). The van der Waals surface area contributed by atoms with E-state index in [0.717, 1.165) is 18.5 Å². The van der Waals surface area contributed by atoms with Gasteiger partial charge in [-0.3, -0.25) is 4.79 Å². The monoisotopic (exact) mass is 255 g/mol. The molecule has 6 nitrogen and oxygen atoms in total. The molecular formula is C12H17NO5. The molecule has 1 aromatic heterocycles. The van der Waals surface area contributed by atoms with Gasteiger partial charge in [-0.2, -0.15) is 0 Å². The zero-order valence-corrected chi connectivity index (χ0v) is 10.8. The zero-order chi connectivity index (χ0) is 13.2. The molecule has 0 radical (unpaired) electrons. The minimum atomic E-state index is -0.494. The van der Waals surface area contributed by atoms with Gasteiger partial charge in [0.2, 0.25) is 0 Å². The van der Waals surface area contributed by atoms with Crippen LogP contribution in [0.5, 0.6) is 0 Å². The first-order chi connectivity index (χ1) is 8.62. The minimum absolute atomic E-state index is 0.107. The summed E-state index contributed by atoms with van der Waals surface area (Å²) in [6.45, 7) is 0. The third-order valence-electron chi connectivity index (χ3n) is 3.40. The van der Waals surface area contributed by atoms with E-state index in [1.54, 1.807) is 20.3 Å². The Morgan fingerprint density at radius 3 is 2.67 bits per heavy atom. The summed E-state index contributed by atoms with van der Waals surface area (Å²) in [6, 6.07) is 1.79. The maximum atomic E-state index is 11.1. The molecule has 1 saturated carbocycles. The molecule has 0 spiro atoms. The van der Waals surface area contributed by atoms with Crippen molar-refractivity contribution in [2.45, 2.75) is 31.0 Å². The fourth-order valence-corrected chi connectivity index (χ4v) is 2.14. The summed E-state index contributed by atoms with van der Waals surface area (Å²) in [5.74, 6) is -0.0646. The molecule has 1 heterocycles. The van der Waals surface area contributed by atoms with Crippen molar-refractivity contribution in [3.8, 4) is 0 Å². The molecule has 1 aromatic rings. The average Bonchev–Trinajstić information content (AvgIpc) is 2.77. The molecule has 0 bridgehead atoms. The molecule has 0 amide bonds. The van der Waals surface area contributed by atoms with E-state index >= 15 is 0 Å². The average molecular weight is 255 g/mol. The highest BCUT2D eigenvalue weighted by Crippen LogP contribution is 2.46. The topological polar surface area (TPSA) is 70.8 Å². The van der Waals surface area contributed by atoms with Crippen LogP contribution in [-0.4, -0.2) is 38.2 Å². The van der Waals surface area contributed by atoms with Gasteiger partial charge in [-0.25, -0.2) is 0 Å². The number of carbonyl (C=O) groups excluding carboxylic acids is 1. The zero-order valence-electron chi connectivity index (χ0n) is 10.8. The van der Waals surface area contributed by atoms with Gasteiger partial charge in [-0.15, -0.1) is 0 Å². The van der Waals surface area contributed by atoms with Crippen LogP contribution in [0.3, 0.4) is 0 Å². The van der Waals surface area contributed by atoms with Gasteiger partial charge in [-0.05, 0) is 0 Å². The molecule has 6 heteroatoms. The highest BCUT2D eigenvalue weighted by atomic mass is 16.7. The predicted molar refractivity (Wildman–Crippen MR) is 60.9 cm³/mol. The third-order valence-corrected chi connectivity index (χ3v) is 3.40. The Kier molecular flexibility index (Phi) is 3.68. The highest BCUT2D eigenvalue weighted by Gasteiger charge is 2.47. The van der Waals surface area contributed by atoms with E-state index in [2.05, 4.69) is 9.89 Å². The first-order valence-corrected chi connectivity index (χ1v) is 5.75. The van der Waals surface area contributed by atoms with Crippen molar-refractivity contribution in [3.05, 3.63) is 17.5 Å².